The number of carbonyl (C=O) groups is 1. The molecule has 2 amide bonds. The van der Waals surface area contributed by atoms with Crippen molar-refractivity contribution in [3.05, 3.63) is 95.3 Å². The van der Waals surface area contributed by atoms with Crippen molar-refractivity contribution in [1.82, 2.24) is 10.3 Å². The Hall–Kier alpha value is -3.18. The van der Waals surface area contributed by atoms with E-state index in [2.05, 4.69) is 10.3 Å². The van der Waals surface area contributed by atoms with Gasteiger partial charge in [-0.05, 0) is 23.3 Å². The van der Waals surface area contributed by atoms with E-state index in [0.717, 1.165) is 11.1 Å². The predicted molar refractivity (Wildman–Crippen MR) is 107 cm³/mol. The molecule has 1 atom stereocenters. The Morgan fingerprint density at radius 2 is 1.70 bits per heavy atom. The van der Waals surface area contributed by atoms with Gasteiger partial charge in [0.15, 0.2) is 0 Å². The van der Waals surface area contributed by atoms with E-state index in [4.69, 9.17) is 16.6 Å². The molecule has 27 heavy (non-hydrogen) atoms. The van der Waals surface area contributed by atoms with Crippen LogP contribution in [0.5, 0.6) is 0 Å². The van der Waals surface area contributed by atoms with Gasteiger partial charge in [-0.25, -0.2) is 9.78 Å². The number of hydrogen-bond donors (Lipinski definition) is 1. The van der Waals surface area contributed by atoms with E-state index in [0.29, 0.717) is 23.2 Å². The van der Waals surface area contributed by atoms with Crippen LogP contribution in [0.25, 0.3) is 0 Å². The fraction of sp³-hybridized carbons (Fsp3) is 0.0952. The highest BCUT2D eigenvalue weighted by Crippen LogP contribution is 2.32. The zero-order valence-corrected chi connectivity index (χ0v) is 15.2. The normalized spacial score (nSPS) is 18.0. The molecular weight excluding hydrogens is 360 g/mol. The lowest BCUT2D eigenvalue weighted by Gasteiger charge is -2.23. The lowest BCUT2D eigenvalue weighted by atomic mass is 10.1. The number of urea groups is 1. The molecule has 1 saturated heterocycles. The van der Waals surface area contributed by atoms with Gasteiger partial charge >= 0.3 is 6.03 Å². The highest BCUT2D eigenvalue weighted by molar-refractivity contribution is 6.29. The molecule has 0 saturated carbocycles. The number of aliphatic imine (C=N–C) groups is 1. The van der Waals surface area contributed by atoms with Crippen LogP contribution in [-0.2, 0) is 6.54 Å². The molecule has 1 unspecified atom stereocenters. The van der Waals surface area contributed by atoms with Gasteiger partial charge in [0, 0.05) is 0 Å². The summed E-state index contributed by atoms with van der Waals surface area (Å²) >= 11 is 5.90. The molecule has 1 fully saturated rings. The fourth-order valence-corrected chi connectivity index (χ4v) is 3.19. The number of nitrogens with zero attached hydrogens (tertiary/aromatic N) is 3. The standard InChI is InChI=1S/C21H17ClN4O/c22-18-12-11-17(14-23-18)26-19(16-9-5-2-6-10-16)20(25-21(26)27)24-13-15-7-3-1-4-8-15/h1-12,14,19H,13H2,(H,24,25,27). The molecule has 3 aromatic rings. The first-order valence-electron chi connectivity index (χ1n) is 8.57. The third-order valence-corrected chi connectivity index (χ3v) is 4.57. The molecule has 1 aliphatic heterocycles. The van der Waals surface area contributed by atoms with Gasteiger partial charge in [-0.1, -0.05) is 72.3 Å². The summed E-state index contributed by atoms with van der Waals surface area (Å²) in [6, 6.07) is 22.6. The van der Waals surface area contributed by atoms with Crippen LogP contribution in [0.2, 0.25) is 5.15 Å². The Balaban J connectivity index is 1.73. The first kappa shape index (κ1) is 17.2. The second-order valence-corrected chi connectivity index (χ2v) is 6.53. The van der Waals surface area contributed by atoms with Gasteiger partial charge in [0.25, 0.3) is 0 Å². The number of carbonyl (C=O) groups excluding carboxylic acids is 1. The van der Waals surface area contributed by atoms with Crippen molar-refractivity contribution in [3.63, 3.8) is 0 Å². The topological polar surface area (TPSA) is 57.6 Å². The second kappa shape index (κ2) is 7.60. The number of pyridine rings is 1. The summed E-state index contributed by atoms with van der Waals surface area (Å²) in [5.74, 6) is 0.616. The minimum absolute atomic E-state index is 0.236. The van der Waals surface area contributed by atoms with Crippen molar-refractivity contribution in [2.24, 2.45) is 4.99 Å². The third kappa shape index (κ3) is 3.68. The average molecular weight is 377 g/mol. The summed E-state index contributed by atoms with van der Waals surface area (Å²) < 4.78 is 0. The molecule has 0 radical (unpaired) electrons. The van der Waals surface area contributed by atoms with E-state index in [9.17, 15) is 4.79 Å². The number of anilines is 1. The second-order valence-electron chi connectivity index (χ2n) is 6.14. The lowest BCUT2D eigenvalue weighted by molar-refractivity contribution is 0.252. The van der Waals surface area contributed by atoms with Crippen molar-refractivity contribution < 1.29 is 4.79 Å². The van der Waals surface area contributed by atoms with Crippen LogP contribution in [0.15, 0.2) is 84.0 Å². The van der Waals surface area contributed by atoms with E-state index in [1.807, 2.05) is 60.7 Å². The Labute approximate surface area is 162 Å². The van der Waals surface area contributed by atoms with E-state index in [1.54, 1.807) is 23.2 Å². The van der Waals surface area contributed by atoms with Crippen LogP contribution in [0.4, 0.5) is 10.5 Å². The first-order valence-corrected chi connectivity index (χ1v) is 8.95. The van der Waals surface area contributed by atoms with E-state index in [-0.39, 0.29) is 12.1 Å². The molecule has 0 spiro atoms. The van der Waals surface area contributed by atoms with Gasteiger partial charge in [-0.2, -0.15) is 0 Å². The zero-order chi connectivity index (χ0) is 18.6. The molecule has 1 aliphatic rings. The Bertz CT molecular complexity index is 958. The van der Waals surface area contributed by atoms with Crippen LogP contribution in [0, 0.1) is 0 Å². The molecule has 2 aromatic carbocycles. The number of benzene rings is 2. The largest absolute Gasteiger partial charge is 0.328 e. The van der Waals surface area contributed by atoms with Gasteiger partial charge in [0.2, 0.25) is 0 Å². The molecular formula is C21H17ClN4O. The van der Waals surface area contributed by atoms with Crippen molar-refractivity contribution in [3.8, 4) is 0 Å². The van der Waals surface area contributed by atoms with Crippen molar-refractivity contribution in [2.45, 2.75) is 12.6 Å². The number of amides is 2. The monoisotopic (exact) mass is 376 g/mol. The quantitative estimate of drug-likeness (QED) is 0.676. The lowest BCUT2D eigenvalue weighted by Crippen LogP contribution is -2.29. The van der Waals surface area contributed by atoms with Gasteiger partial charge in [-0.3, -0.25) is 15.2 Å². The Kier molecular flexibility index (Phi) is 4.85. The first-order chi connectivity index (χ1) is 13.2. The SMILES string of the molecule is O=C1NC(=NCc2ccccc2)C(c2ccccc2)N1c1ccc(Cl)nc1. The number of rotatable bonds is 4. The van der Waals surface area contributed by atoms with Crippen LogP contribution in [0.1, 0.15) is 17.2 Å². The molecule has 134 valence electrons. The minimum atomic E-state index is -0.342. The van der Waals surface area contributed by atoms with E-state index in [1.165, 1.54) is 0 Å². The summed E-state index contributed by atoms with van der Waals surface area (Å²) in [5.41, 5.74) is 2.71. The molecule has 5 nitrogen and oxygen atoms in total. The molecule has 1 aromatic heterocycles. The molecule has 0 bridgehead atoms. The van der Waals surface area contributed by atoms with Gasteiger partial charge in [0.05, 0.1) is 18.4 Å². The smallest absolute Gasteiger partial charge is 0.294 e. The van der Waals surface area contributed by atoms with Gasteiger partial charge < -0.3 is 0 Å². The Morgan fingerprint density at radius 1 is 1.00 bits per heavy atom. The predicted octanol–water partition coefficient (Wildman–Crippen LogP) is 4.60. The number of nitrogens with one attached hydrogen (secondary N) is 1. The summed E-state index contributed by atoms with van der Waals surface area (Å²) in [6.45, 7) is 0.493. The maximum absolute atomic E-state index is 12.7. The number of halogens is 1. The van der Waals surface area contributed by atoms with Crippen LogP contribution < -0.4 is 10.2 Å². The molecule has 6 heteroatoms. The van der Waals surface area contributed by atoms with Crippen LogP contribution in [0.3, 0.4) is 0 Å². The van der Waals surface area contributed by atoms with Crippen molar-refractivity contribution in [2.75, 3.05) is 4.90 Å². The van der Waals surface area contributed by atoms with Crippen LogP contribution in [-0.4, -0.2) is 16.9 Å². The highest BCUT2D eigenvalue weighted by Gasteiger charge is 2.38. The fourth-order valence-electron chi connectivity index (χ4n) is 3.08. The third-order valence-electron chi connectivity index (χ3n) is 4.35. The summed E-state index contributed by atoms with van der Waals surface area (Å²) in [6.07, 6.45) is 1.60. The zero-order valence-electron chi connectivity index (χ0n) is 14.4. The molecule has 0 aliphatic carbocycles. The molecule has 2 heterocycles. The van der Waals surface area contributed by atoms with Crippen molar-refractivity contribution >= 4 is 29.2 Å². The van der Waals surface area contributed by atoms with Crippen LogP contribution >= 0.6 is 11.6 Å². The number of aromatic nitrogens is 1. The number of hydrogen-bond acceptors (Lipinski definition) is 3. The van der Waals surface area contributed by atoms with Gasteiger partial charge in [-0.15, -0.1) is 0 Å². The maximum atomic E-state index is 12.7. The van der Waals surface area contributed by atoms with E-state index < -0.39 is 0 Å². The van der Waals surface area contributed by atoms with Gasteiger partial charge in [0.1, 0.15) is 17.0 Å². The Morgan fingerprint density at radius 3 is 2.37 bits per heavy atom. The molecule has 4 rings (SSSR count). The molecule has 1 N–H and O–H groups in total. The summed E-state index contributed by atoms with van der Waals surface area (Å²) in [5, 5.41) is 3.29. The summed E-state index contributed by atoms with van der Waals surface area (Å²) in [7, 11) is 0. The van der Waals surface area contributed by atoms with Crippen molar-refractivity contribution in [1.29, 1.82) is 0 Å². The maximum Gasteiger partial charge on any atom is 0.328 e. The number of amidine groups is 1. The average Bonchev–Trinajstić information content (AvgIpc) is 3.04. The van der Waals surface area contributed by atoms with E-state index >= 15 is 0 Å². The summed E-state index contributed by atoms with van der Waals surface area (Å²) in [4.78, 5) is 23.2. The minimum Gasteiger partial charge on any atom is -0.294 e. The highest BCUT2D eigenvalue weighted by atomic mass is 35.5.